The van der Waals surface area contributed by atoms with Gasteiger partial charge < -0.3 is 15.3 Å². The zero-order valence-electron chi connectivity index (χ0n) is 12.9. The van der Waals surface area contributed by atoms with Crippen LogP contribution < -0.4 is 10.2 Å². The molecule has 1 unspecified atom stereocenters. The number of aromatic nitrogens is 1. The average Bonchev–Trinajstić information content (AvgIpc) is 2.38. The zero-order valence-corrected chi connectivity index (χ0v) is 12.9. The molecule has 1 aliphatic heterocycles. The van der Waals surface area contributed by atoms with Crippen LogP contribution in [0.3, 0.4) is 0 Å². The lowest BCUT2D eigenvalue weighted by atomic mass is 9.95. The van der Waals surface area contributed by atoms with Crippen molar-refractivity contribution in [1.29, 1.82) is 0 Å². The molecule has 1 aliphatic rings. The Kier molecular flexibility index (Phi) is 5.00. The van der Waals surface area contributed by atoms with E-state index in [4.69, 9.17) is 0 Å². The standard InChI is InChI=1S/C16H27N3O/c1-13(2)9-17-10-14-5-6-15(18-11-14)19-8-4-7-16(3,20)12-19/h5-6,11,13,17,20H,4,7-10,12H2,1-3H3. The molecule has 1 aromatic heterocycles. The molecule has 1 fully saturated rings. The van der Waals surface area contributed by atoms with Gasteiger partial charge >= 0.3 is 0 Å². The number of nitrogens with zero attached hydrogens (tertiary/aromatic N) is 2. The quantitative estimate of drug-likeness (QED) is 0.866. The molecule has 0 saturated carbocycles. The lowest BCUT2D eigenvalue weighted by Crippen LogP contribution is -2.46. The minimum Gasteiger partial charge on any atom is -0.388 e. The van der Waals surface area contributed by atoms with Crippen molar-refractivity contribution in [2.75, 3.05) is 24.5 Å². The predicted molar refractivity (Wildman–Crippen MR) is 82.9 cm³/mol. The number of β-amino-alcohol motifs (C(OH)–C–C–N with tert-alkyl or cyclic N) is 1. The number of anilines is 1. The Bertz CT molecular complexity index is 414. The molecule has 0 aromatic carbocycles. The first kappa shape index (κ1) is 15.3. The molecule has 0 aliphatic carbocycles. The maximum absolute atomic E-state index is 10.1. The van der Waals surface area contributed by atoms with Crippen LogP contribution in [0.4, 0.5) is 5.82 Å². The highest BCUT2D eigenvalue weighted by Crippen LogP contribution is 2.24. The third-order valence-electron chi connectivity index (χ3n) is 3.69. The molecule has 112 valence electrons. The lowest BCUT2D eigenvalue weighted by molar-refractivity contribution is 0.0447. The van der Waals surface area contributed by atoms with E-state index in [1.54, 1.807) is 0 Å². The molecule has 1 aromatic rings. The second kappa shape index (κ2) is 6.55. The van der Waals surface area contributed by atoms with E-state index in [9.17, 15) is 5.11 Å². The van der Waals surface area contributed by atoms with Crippen LogP contribution in [0.1, 0.15) is 39.2 Å². The van der Waals surface area contributed by atoms with Gasteiger partial charge in [-0.3, -0.25) is 0 Å². The summed E-state index contributed by atoms with van der Waals surface area (Å²) in [5.74, 6) is 1.63. The van der Waals surface area contributed by atoms with Crippen molar-refractivity contribution in [1.82, 2.24) is 10.3 Å². The molecule has 0 spiro atoms. The van der Waals surface area contributed by atoms with Crippen molar-refractivity contribution in [3.8, 4) is 0 Å². The molecule has 0 radical (unpaired) electrons. The van der Waals surface area contributed by atoms with Crippen LogP contribution in [-0.4, -0.2) is 35.3 Å². The number of nitrogens with one attached hydrogen (secondary N) is 1. The van der Waals surface area contributed by atoms with E-state index in [0.29, 0.717) is 12.5 Å². The molecule has 4 heteroatoms. The first-order valence-corrected chi connectivity index (χ1v) is 7.59. The van der Waals surface area contributed by atoms with E-state index in [2.05, 4.69) is 41.2 Å². The van der Waals surface area contributed by atoms with Crippen molar-refractivity contribution in [2.24, 2.45) is 5.92 Å². The molecule has 1 atom stereocenters. The Labute approximate surface area is 122 Å². The van der Waals surface area contributed by atoms with Gasteiger partial charge in [0.1, 0.15) is 5.82 Å². The fourth-order valence-corrected chi connectivity index (χ4v) is 2.63. The van der Waals surface area contributed by atoms with Gasteiger partial charge in [0.15, 0.2) is 0 Å². The minimum absolute atomic E-state index is 0.586. The van der Waals surface area contributed by atoms with E-state index in [1.807, 2.05) is 13.1 Å². The highest BCUT2D eigenvalue weighted by Gasteiger charge is 2.28. The SMILES string of the molecule is CC(C)CNCc1ccc(N2CCCC(C)(O)C2)nc1. The average molecular weight is 277 g/mol. The number of pyridine rings is 1. The Morgan fingerprint density at radius 1 is 1.45 bits per heavy atom. The summed E-state index contributed by atoms with van der Waals surface area (Å²) in [6.45, 7) is 9.86. The molecular formula is C16H27N3O. The van der Waals surface area contributed by atoms with Crippen molar-refractivity contribution in [3.05, 3.63) is 23.9 Å². The van der Waals surface area contributed by atoms with E-state index in [0.717, 1.165) is 38.3 Å². The smallest absolute Gasteiger partial charge is 0.128 e. The number of aliphatic hydroxyl groups is 1. The molecular weight excluding hydrogens is 250 g/mol. The zero-order chi connectivity index (χ0) is 14.6. The van der Waals surface area contributed by atoms with E-state index in [1.165, 1.54) is 5.56 Å². The second-order valence-corrected chi connectivity index (χ2v) is 6.57. The Hall–Kier alpha value is -1.13. The third-order valence-corrected chi connectivity index (χ3v) is 3.69. The highest BCUT2D eigenvalue weighted by atomic mass is 16.3. The maximum atomic E-state index is 10.1. The van der Waals surface area contributed by atoms with Crippen molar-refractivity contribution >= 4 is 5.82 Å². The van der Waals surface area contributed by atoms with Gasteiger partial charge in [-0.25, -0.2) is 4.98 Å². The summed E-state index contributed by atoms with van der Waals surface area (Å²) in [4.78, 5) is 6.72. The normalized spacial score (nSPS) is 23.4. The fraction of sp³-hybridized carbons (Fsp3) is 0.688. The summed E-state index contributed by atoms with van der Waals surface area (Å²) >= 11 is 0. The number of hydrogen-bond donors (Lipinski definition) is 2. The summed E-state index contributed by atoms with van der Waals surface area (Å²) in [7, 11) is 0. The molecule has 2 N–H and O–H groups in total. The molecule has 0 amide bonds. The molecule has 1 saturated heterocycles. The number of hydrogen-bond acceptors (Lipinski definition) is 4. The Morgan fingerprint density at radius 2 is 2.25 bits per heavy atom. The third kappa shape index (κ3) is 4.46. The minimum atomic E-state index is -0.586. The molecule has 0 bridgehead atoms. The van der Waals surface area contributed by atoms with Crippen LogP contribution in [0.25, 0.3) is 0 Å². The number of piperidine rings is 1. The van der Waals surface area contributed by atoms with Crippen LogP contribution in [0.2, 0.25) is 0 Å². The number of rotatable bonds is 5. The first-order valence-electron chi connectivity index (χ1n) is 7.59. The molecule has 2 rings (SSSR count). The van der Waals surface area contributed by atoms with Crippen molar-refractivity contribution < 1.29 is 5.11 Å². The van der Waals surface area contributed by atoms with Gasteiger partial charge in [-0.05, 0) is 43.9 Å². The monoisotopic (exact) mass is 277 g/mol. The van der Waals surface area contributed by atoms with Gasteiger partial charge in [0.2, 0.25) is 0 Å². The summed E-state index contributed by atoms with van der Waals surface area (Å²) in [6.07, 6.45) is 3.83. The van der Waals surface area contributed by atoms with Crippen molar-refractivity contribution in [3.63, 3.8) is 0 Å². The van der Waals surface area contributed by atoms with Gasteiger partial charge in [0, 0.05) is 25.8 Å². The second-order valence-electron chi connectivity index (χ2n) is 6.57. The topological polar surface area (TPSA) is 48.4 Å². The van der Waals surface area contributed by atoms with Gasteiger partial charge in [-0.2, -0.15) is 0 Å². The lowest BCUT2D eigenvalue weighted by Gasteiger charge is -2.37. The van der Waals surface area contributed by atoms with E-state index >= 15 is 0 Å². The van der Waals surface area contributed by atoms with Crippen LogP contribution in [-0.2, 0) is 6.54 Å². The van der Waals surface area contributed by atoms with Crippen LogP contribution in [0.15, 0.2) is 18.3 Å². The van der Waals surface area contributed by atoms with E-state index in [-0.39, 0.29) is 0 Å². The van der Waals surface area contributed by atoms with Gasteiger partial charge in [-0.15, -0.1) is 0 Å². The van der Waals surface area contributed by atoms with Gasteiger partial charge in [0.25, 0.3) is 0 Å². The van der Waals surface area contributed by atoms with Gasteiger partial charge in [-0.1, -0.05) is 19.9 Å². The summed E-state index contributed by atoms with van der Waals surface area (Å²) < 4.78 is 0. The maximum Gasteiger partial charge on any atom is 0.128 e. The Balaban J connectivity index is 1.91. The molecule has 4 nitrogen and oxygen atoms in total. The first-order chi connectivity index (χ1) is 9.46. The molecule has 20 heavy (non-hydrogen) atoms. The van der Waals surface area contributed by atoms with Crippen LogP contribution in [0.5, 0.6) is 0 Å². The molecule has 2 heterocycles. The summed E-state index contributed by atoms with van der Waals surface area (Å²) in [5.41, 5.74) is 0.621. The van der Waals surface area contributed by atoms with Crippen LogP contribution in [0, 0.1) is 5.92 Å². The van der Waals surface area contributed by atoms with Crippen molar-refractivity contribution in [2.45, 2.75) is 45.8 Å². The van der Waals surface area contributed by atoms with Gasteiger partial charge in [0.05, 0.1) is 5.60 Å². The van der Waals surface area contributed by atoms with E-state index < -0.39 is 5.60 Å². The summed E-state index contributed by atoms with van der Waals surface area (Å²) in [6, 6.07) is 4.19. The highest BCUT2D eigenvalue weighted by molar-refractivity contribution is 5.40. The predicted octanol–water partition coefficient (Wildman–Crippen LogP) is 2.18. The Morgan fingerprint density at radius 3 is 2.85 bits per heavy atom. The fourth-order valence-electron chi connectivity index (χ4n) is 2.63. The van der Waals surface area contributed by atoms with Crippen LogP contribution >= 0.6 is 0 Å². The summed E-state index contributed by atoms with van der Waals surface area (Å²) in [5, 5.41) is 13.6. The largest absolute Gasteiger partial charge is 0.388 e.